The van der Waals surface area contributed by atoms with Crippen LogP contribution in [0, 0.1) is 0 Å². The highest BCUT2D eigenvalue weighted by atomic mass is 16.6. The molecule has 0 aromatic carbocycles. The Morgan fingerprint density at radius 2 is 2.05 bits per heavy atom. The Hall–Kier alpha value is -1.85. The van der Waals surface area contributed by atoms with Gasteiger partial charge in [0.1, 0.15) is 36.3 Å². The molecular weight excluding hydrogens is 270 g/mol. The Labute approximate surface area is 112 Å². The number of hydrogen-bond acceptors (Lipinski definition) is 9. The van der Waals surface area contributed by atoms with E-state index < -0.39 is 31.0 Å². The fourth-order valence-electron chi connectivity index (χ4n) is 2.27. The molecule has 0 aliphatic carbocycles. The highest BCUT2D eigenvalue weighted by Gasteiger charge is 2.44. The summed E-state index contributed by atoms with van der Waals surface area (Å²) >= 11 is 0. The lowest BCUT2D eigenvalue weighted by Crippen LogP contribution is -2.32. The molecule has 0 bridgehead atoms. The van der Waals surface area contributed by atoms with Crippen molar-refractivity contribution in [2.45, 2.75) is 24.4 Å². The van der Waals surface area contributed by atoms with E-state index in [1.165, 1.54) is 6.33 Å². The molecule has 0 spiro atoms. The lowest BCUT2D eigenvalue weighted by atomic mass is 10.1. The van der Waals surface area contributed by atoms with Gasteiger partial charge in [-0.2, -0.15) is 5.10 Å². The average Bonchev–Trinajstić information content (AvgIpc) is 3.01. The van der Waals surface area contributed by atoms with Crippen molar-refractivity contribution in [3.8, 4) is 0 Å². The van der Waals surface area contributed by atoms with Gasteiger partial charge in [0.25, 0.3) is 0 Å². The van der Waals surface area contributed by atoms with E-state index in [4.69, 9.17) is 15.1 Å². The molecule has 0 saturated carbocycles. The Kier molecular flexibility index (Phi) is 3.23. The van der Waals surface area contributed by atoms with Crippen LogP contribution in [-0.2, 0) is 4.74 Å². The number of rotatable bonds is 3. The van der Waals surface area contributed by atoms with Crippen molar-refractivity contribution in [3.05, 3.63) is 12.0 Å². The van der Waals surface area contributed by atoms with Crippen LogP contribution in [0.1, 0.15) is 11.8 Å². The van der Waals surface area contributed by atoms with Crippen molar-refractivity contribution in [1.82, 2.24) is 20.2 Å². The molecule has 10 heteroatoms. The second kappa shape index (κ2) is 4.92. The zero-order chi connectivity index (χ0) is 14.3. The van der Waals surface area contributed by atoms with Crippen molar-refractivity contribution >= 4 is 16.9 Å². The topological polar surface area (TPSA) is 157 Å². The van der Waals surface area contributed by atoms with Crippen LogP contribution in [0.25, 0.3) is 11.0 Å². The van der Waals surface area contributed by atoms with Gasteiger partial charge in [-0.15, -0.1) is 0 Å². The molecule has 0 radical (unpaired) electrons. The third-order valence-electron chi connectivity index (χ3n) is 3.30. The minimum absolute atomic E-state index is 0.101. The molecule has 2 aromatic rings. The maximum atomic E-state index is 9.97. The maximum absolute atomic E-state index is 9.97. The largest absolute Gasteiger partial charge is 0.394 e. The maximum Gasteiger partial charge on any atom is 0.181 e. The lowest BCUT2D eigenvalue weighted by Gasteiger charge is -2.12. The number of hydrogen-bond donors (Lipinski definition) is 6. The quantitative estimate of drug-likeness (QED) is 0.361. The molecule has 1 saturated heterocycles. The van der Waals surface area contributed by atoms with Crippen LogP contribution >= 0.6 is 0 Å². The molecule has 0 unspecified atom stereocenters. The van der Waals surface area contributed by atoms with E-state index in [-0.39, 0.29) is 11.3 Å². The summed E-state index contributed by atoms with van der Waals surface area (Å²) in [5, 5.41) is 44.3. The SMILES string of the molecule is OC[C@@H]1O[C@@H](c2[nH]nc3c(NO)ncnc23)[C@@H](O)[C@@H]1O. The number of nitrogens with zero attached hydrogens (tertiary/aromatic N) is 3. The number of aromatic nitrogens is 4. The second-order valence-corrected chi connectivity index (χ2v) is 4.43. The van der Waals surface area contributed by atoms with Gasteiger partial charge >= 0.3 is 0 Å². The summed E-state index contributed by atoms with van der Waals surface area (Å²) in [4.78, 5) is 7.80. The standard InChI is InChI=1S/C10H13N5O5/c16-1-3-7(17)8(18)9(20-3)5-4-6(14-13-5)10(15-19)12-2-11-4/h2-3,7-9,16-19H,1H2,(H,13,14)(H,11,12,15)/t3-,7+,8-,9-/m0/s1. The van der Waals surface area contributed by atoms with E-state index in [1.54, 1.807) is 0 Å². The van der Waals surface area contributed by atoms with E-state index in [9.17, 15) is 10.2 Å². The predicted octanol–water partition coefficient (Wildman–Crippen LogP) is -1.69. The smallest absolute Gasteiger partial charge is 0.181 e. The number of H-pyrrole nitrogens is 1. The van der Waals surface area contributed by atoms with E-state index in [0.29, 0.717) is 11.2 Å². The highest BCUT2D eigenvalue weighted by Crippen LogP contribution is 2.35. The number of ether oxygens (including phenoxy) is 1. The van der Waals surface area contributed by atoms with Gasteiger partial charge in [0.05, 0.1) is 12.3 Å². The van der Waals surface area contributed by atoms with Gasteiger partial charge in [-0.25, -0.2) is 9.97 Å². The summed E-state index contributed by atoms with van der Waals surface area (Å²) in [5.74, 6) is 0.101. The van der Waals surface area contributed by atoms with Crippen molar-refractivity contribution in [3.63, 3.8) is 0 Å². The number of aliphatic hydroxyl groups is 3. The van der Waals surface area contributed by atoms with E-state index >= 15 is 0 Å². The summed E-state index contributed by atoms with van der Waals surface area (Å²) in [6.07, 6.45) is -3.02. The highest BCUT2D eigenvalue weighted by molar-refractivity contribution is 5.86. The van der Waals surface area contributed by atoms with Crippen LogP contribution in [0.2, 0.25) is 0 Å². The van der Waals surface area contributed by atoms with Crippen LogP contribution in [-0.4, -0.2) is 65.6 Å². The molecule has 4 atom stereocenters. The number of anilines is 1. The summed E-state index contributed by atoms with van der Waals surface area (Å²) < 4.78 is 5.40. The molecule has 1 aliphatic heterocycles. The predicted molar refractivity (Wildman–Crippen MR) is 63.8 cm³/mol. The molecule has 6 N–H and O–H groups in total. The first-order valence-electron chi connectivity index (χ1n) is 5.89. The van der Waals surface area contributed by atoms with Gasteiger partial charge in [-0.3, -0.25) is 15.8 Å². The monoisotopic (exact) mass is 283 g/mol. The Bertz CT molecular complexity index is 619. The number of aliphatic hydroxyl groups excluding tert-OH is 3. The summed E-state index contributed by atoms with van der Waals surface area (Å²) in [6.45, 7) is -0.417. The molecule has 0 amide bonds. The van der Waals surface area contributed by atoms with Crippen LogP contribution in [0.15, 0.2) is 6.33 Å². The molecule has 108 valence electrons. The number of fused-ring (bicyclic) bond motifs is 1. The first-order chi connectivity index (χ1) is 9.67. The Balaban J connectivity index is 2.03. The zero-order valence-electron chi connectivity index (χ0n) is 10.1. The van der Waals surface area contributed by atoms with Gasteiger partial charge in [0.15, 0.2) is 11.3 Å². The fourth-order valence-corrected chi connectivity index (χ4v) is 2.27. The Morgan fingerprint density at radius 3 is 2.70 bits per heavy atom. The van der Waals surface area contributed by atoms with Gasteiger partial charge < -0.3 is 20.1 Å². The van der Waals surface area contributed by atoms with Gasteiger partial charge in [-0.1, -0.05) is 0 Å². The van der Waals surface area contributed by atoms with Gasteiger partial charge in [0, 0.05) is 0 Å². The van der Waals surface area contributed by atoms with Crippen molar-refractivity contribution in [1.29, 1.82) is 0 Å². The van der Waals surface area contributed by atoms with Crippen molar-refractivity contribution in [2.24, 2.45) is 0 Å². The van der Waals surface area contributed by atoms with Crippen molar-refractivity contribution in [2.75, 3.05) is 12.1 Å². The zero-order valence-corrected chi connectivity index (χ0v) is 10.1. The number of aromatic amines is 1. The van der Waals surface area contributed by atoms with Crippen molar-refractivity contribution < 1.29 is 25.3 Å². The van der Waals surface area contributed by atoms with Crippen LogP contribution < -0.4 is 5.48 Å². The molecule has 3 rings (SSSR count). The summed E-state index contributed by atoms with van der Waals surface area (Å²) in [7, 11) is 0. The summed E-state index contributed by atoms with van der Waals surface area (Å²) in [5.41, 5.74) is 2.83. The van der Waals surface area contributed by atoms with E-state index in [2.05, 4.69) is 20.2 Å². The molecular formula is C10H13N5O5. The molecule has 1 fully saturated rings. The van der Waals surface area contributed by atoms with E-state index in [1.807, 2.05) is 5.48 Å². The lowest BCUT2D eigenvalue weighted by molar-refractivity contribution is -0.0236. The number of nitrogens with one attached hydrogen (secondary N) is 2. The fraction of sp³-hybridized carbons (Fsp3) is 0.500. The third-order valence-corrected chi connectivity index (χ3v) is 3.30. The molecule has 1 aliphatic rings. The van der Waals surface area contributed by atoms with Crippen LogP contribution in [0.4, 0.5) is 5.82 Å². The van der Waals surface area contributed by atoms with Crippen LogP contribution in [0.5, 0.6) is 0 Å². The second-order valence-electron chi connectivity index (χ2n) is 4.43. The normalized spacial score (nSPS) is 30.0. The molecule has 2 aromatic heterocycles. The average molecular weight is 283 g/mol. The van der Waals surface area contributed by atoms with Gasteiger partial charge in [-0.05, 0) is 0 Å². The third kappa shape index (κ3) is 1.82. The van der Waals surface area contributed by atoms with E-state index in [0.717, 1.165) is 0 Å². The first-order valence-corrected chi connectivity index (χ1v) is 5.89. The Morgan fingerprint density at radius 1 is 1.25 bits per heavy atom. The van der Waals surface area contributed by atoms with Gasteiger partial charge in [0.2, 0.25) is 0 Å². The minimum atomic E-state index is -1.23. The molecule has 10 nitrogen and oxygen atoms in total. The van der Waals surface area contributed by atoms with Crippen LogP contribution in [0.3, 0.4) is 0 Å². The first kappa shape index (κ1) is 13.1. The molecule has 3 heterocycles. The molecule has 20 heavy (non-hydrogen) atoms. The minimum Gasteiger partial charge on any atom is -0.394 e. The summed E-state index contributed by atoms with van der Waals surface area (Å²) in [6, 6.07) is 0.